The lowest BCUT2D eigenvalue weighted by Crippen LogP contribution is -2.38. The van der Waals surface area contributed by atoms with Crippen LogP contribution in [0.3, 0.4) is 0 Å². The maximum Gasteiger partial charge on any atom is 0.251 e. The molecule has 1 aliphatic heterocycles. The van der Waals surface area contributed by atoms with E-state index in [2.05, 4.69) is 5.32 Å². The maximum atomic E-state index is 12.0. The molecule has 116 valence electrons. The molecule has 0 bridgehead atoms. The fourth-order valence-corrected chi connectivity index (χ4v) is 2.92. The van der Waals surface area contributed by atoms with Gasteiger partial charge in [-0.2, -0.15) is 0 Å². The maximum absolute atomic E-state index is 12.0. The molecular weight excluding hydrogens is 290 g/mol. The van der Waals surface area contributed by atoms with Crippen molar-refractivity contribution in [2.75, 3.05) is 12.8 Å². The minimum Gasteiger partial charge on any atom is -0.387 e. The van der Waals surface area contributed by atoms with Gasteiger partial charge in [0.15, 0.2) is 9.84 Å². The van der Waals surface area contributed by atoms with Gasteiger partial charge in [0.05, 0.1) is 10.9 Å². The summed E-state index contributed by atoms with van der Waals surface area (Å²) >= 11 is 0. The van der Waals surface area contributed by atoms with Crippen LogP contribution in [0.1, 0.15) is 47.9 Å². The van der Waals surface area contributed by atoms with Gasteiger partial charge in [-0.1, -0.05) is 12.1 Å². The number of hydrogen-bond donors (Lipinski definition) is 2. The van der Waals surface area contributed by atoms with Crippen LogP contribution in [-0.2, 0) is 16.3 Å². The Hall–Kier alpha value is -1.40. The Bertz CT molecular complexity index is 664. The molecule has 1 aliphatic rings. The first-order valence-electron chi connectivity index (χ1n) is 6.93. The molecule has 1 unspecified atom stereocenters. The molecule has 0 aliphatic carbocycles. The Morgan fingerprint density at radius 3 is 2.62 bits per heavy atom. The molecule has 1 aromatic rings. The van der Waals surface area contributed by atoms with Gasteiger partial charge in [-0.15, -0.1) is 0 Å². The summed E-state index contributed by atoms with van der Waals surface area (Å²) in [6.45, 7) is 3.59. The van der Waals surface area contributed by atoms with Crippen molar-refractivity contribution in [1.29, 1.82) is 0 Å². The molecule has 1 aromatic carbocycles. The van der Waals surface area contributed by atoms with Crippen molar-refractivity contribution in [2.24, 2.45) is 0 Å². The molecule has 0 fully saturated rings. The van der Waals surface area contributed by atoms with E-state index in [4.69, 9.17) is 0 Å². The van der Waals surface area contributed by atoms with Gasteiger partial charge in [0, 0.05) is 18.4 Å². The third-order valence-corrected chi connectivity index (χ3v) is 6.35. The van der Waals surface area contributed by atoms with Gasteiger partial charge in [-0.05, 0) is 43.9 Å². The number of sulfone groups is 1. The average Bonchev–Trinajstić information content (AvgIpc) is 2.58. The van der Waals surface area contributed by atoms with Crippen LogP contribution in [0, 0.1) is 0 Å². The zero-order valence-corrected chi connectivity index (χ0v) is 13.3. The molecule has 0 radical (unpaired) electrons. The van der Waals surface area contributed by atoms with Crippen molar-refractivity contribution >= 4 is 15.7 Å². The highest BCUT2D eigenvalue weighted by atomic mass is 32.2. The van der Waals surface area contributed by atoms with Crippen molar-refractivity contribution in [1.82, 2.24) is 5.32 Å². The molecular formula is C15H21NO4S. The summed E-state index contributed by atoms with van der Waals surface area (Å²) in [6, 6.07) is 5.11. The molecule has 0 aromatic heterocycles. The number of benzene rings is 1. The lowest BCUT2D eigenvalue weighted by Gasteiger charge is -2.29. The van der Waals surface area contributed by atoms with Crippen LogP contribution in [-0.4, -0.2) is 37.0 Å². The number of nitrogens with one attached hydrogen (secondary N) is 1. The predicted octanol–water partition coefficient (Wildman–Crippen LogP) is 1.22. The highest BCUT2D eigenvalue weighted by molar-refractivity contribution is 7.92. The summed E-state index contributed by atoms with van der Waals surface area (Å²) < 4.78 is 22.4. The van der Waals surface area contributed by atoms with E-state index < -0.39 is 20.7 Å². The third-order valence-electron chi connectivity index (χ3n) is 4.22. The van der Waals surface area contributed by atoms with E-state index in [1.807, 2.05) is 0 Å². The lowest BCUT2D eigenvalue weighted by molar-refractivity contribution is 0.0955. The van der Waals surface area contributed by atoms with Gasteiger partial charge >= 0.3 is 0 Å². The predicted molar refractivity (Wildman–Crippen MR) is 81.0 cm³/mol. The molecule has 0 saturated carbocycles. The van der Waals surface area contributed by atoms with Crippen LogP contribution in [0.15, 0.2) is 18.2 Å². The fraction of sp³-hybridized carbons (Fsp3) is 0.533. The summed E-state index contributed by atoms with van der Waals surface area (Å²) in [6.07, 6.45) is 1.58. The quantitative estimate of drug-likeness (QED) is 0.879. The van der Waals surface area contributed by atoms with Crippen LogP contribution < -0.4 is 5.32 Å². The highest BCUT2D eigenvalue weighted by Gasteiger charge is 2.39. The first kappa shape index (κ1) is 16.0. The van der Waals surface area contributed by atoms with E-state index in [0.29, 0.717) is 17.7 Å². The van der Waals surface area contributed by atoms with Crippen molar-refractivity contribution < 1.29 is 18.3 Å². The topological polar surface area (TPSA) is 83.5 Å². The van der Waals surface area contributed by atoms with Crippen LogP contribution in [0.4, 0.5) is 0 Å². The van der Waals surface area contributed by atoms with Gasteiger partial charge in [0.25, 0.3) is 5.91 Å². The number of carbonyl (C=O) groups excluding carboxylic acids is 1. The Labute approximate surface area is 125 Å². The number of aryl methyl sites for hydroxylation is 1. The zero-order valence-electron chi connectivity index (χ0n) is 12.5. The molecule has 2 rings (SSSR count). The molecule has 5 nitrogen and oxygen atoms in total. The van der Waals surface area contributed by atoms with Gasteiger partial charge in [-0.25, -0.2) is 8.42 Å². The van der Waals surface area contributed by atoms with Crippen LogP contribution in [0.2, 0.25) is 0 Å². The van der Waals surface area contributed by atoms with Gasteiger partial charge in [0.2, 0.25) is 0 Å². The van der Waals surface area contributed by atoms with E-state index in [1.165, 1.54) is 13.8 Å². The second-order valence-corrected chi connectivity index (χ2v) is 8.65. The Balaban J connectivity index is 2.45. The highest BCUT2D eigenvalue weighted by Crippen LogP contribution is 2.33. The summed E-state index contributed by atoms with van der Waals surface area (Å²) in [4.78, 5) is 12.0. The largest absolute Gasteiger partial charge is 0.387 e. The average molecular weight is 311 g/mol. The van der Waals surface area contributed by atoms with Crippen LogP contribution in [0.5, 0.6) is 0 Å². The van der Waals surface area contributed by atoms with Crippen LogP contribution in [0.25, 0.3) is 0 Å². The molecule has 0 spiro atoms. The summed E-state index contributed by atoms with van der Waals surface area (Å²) in [5.41, 5.74) is 1.90. The lowest BCUT2D eigenvalue weighted by atomic mass is 9.93. The number of hydrogen-bond acceptors (Lipinski definition) is 4. The SMILES string of the molecule is CC(C)(C(O)c1ccc2c(c1)C(=O)NCCC2)S(C)(=O)=O. The second kappa shape index (κ2) is 5.42. The Kier molecular flexibility index (Phi) is 4.13. The van der Waals surface area contributed by atoms with Gasteiger partial charge < -0.3 is 10.4 Å². The van der Waals surface area contributed by atoms with E-state index in [-0.39, 0.29) is 5.91 Å². The van der Waals surface area contributed by atoms with Crippen molar-refractivity contribution in [3.05, 3.63) is 34.9 Å². The molecule has 21 heavy (non-hydrogen) atoms. The number of fused-ring (bicyclic) bond motifs is 1. The third kappa shape index (κ3) is 2.96. The normalized spacial score (nSPS) is 17.6. The molecule has 2 N–H and O–H groups in total. The molecule has 0 saturated heterocycles. The minimum absolute atomic E-state index is 0.172. The first-order valence-corrected chi connectivity index (χ1v) is 8.82. The van der Waals surface area contributed by atoms with Crippen molar-refractivity contribution in [3.63, 3.8) is 0 Å². The molecule has 1 atom stereocenters. The first-order chi connectivity index (χ1) is 9.64. The monoisotopic (exact) mass is 311 g/mol. The number of amides is 1. The molecule has 6 heteroatoms. The summed E-state index contributed by atoms with van der Waals surface area (Å²) in [5, 5.41) is 13.2. The number of aliphatic hydroxyl groups excluding tert-OH is 1. The molecule has 1 heterocycles. The van der Waals surface area contributed by atoms with E-state index in [0.717, 1.165) is 24.7 Å². The Morgan fingerprint density at radius 2 is 2.00 bits per heavy atom. The molecule has 1 amide bonds. The van der Waals surface area contributed by atoms with Gasteiger partial charge in [-0.3, -0.25) is 4.79 Å². The van der Waals surface area contributed by atoms with E-state index in [9.17, 15) is 18.3 Å². The number of carbonyl (C=O) groups is 1. The smallest absolute Gasteiger partial charge is 0.251 e. The van der Waals surface area contributed by atoms with Crippen molar-refractivity contribution in [2.45, 2.75) is 37.5 Å². The van der Waals surface area contributed by atoms with E-state index in [1.54, 1.807) is 18.2 Å². The van der Waals surface area contributed by atoms with Crippen molar-refractivity contribution in [3.8, 4) is 0 Å². The minimum atomic E-state index is -3.44. The zero-order chi connectivity index (χ0) is 15.8. The number of aliphatic hydroxyl groups is 1. The summed E-state index contributed by atoms with van der Waals surface area (Å²) in [7, 11) is -3.44. The van der Waals surface area contributed by atoms with Gasteiger partial charge in [0.1, 0.15) is 0 Å². The standard InChI is InChI=1S/C15H21NO4S/c1-15(2,21(3,19)20)13(17)11-7-6-10-5-4-8-16-14(18)12(10)9-11/h6-7,9,13,17H,4-5,8H2,1-3H3,(H,16,18). The number of rotatable bonds is 3. The second-order valence-electron chi connectivity index (χ2n) is 6.05. The van der Waals surface area contributed by atoms with E-state index >= 15 is 0 Å². The fourth-order valence-electron chi connectivity index (χ4n) is 2.37. The summed E-state index contributed by atoms with van der Waals surface area (Å²) in [5.74, 6) is -0.172. The Morgan fingerprint density at radius 1 is 1.33 bits per heavy atom. The van der Waals surface area contributed by atoms with Crippen LogP contribution >= 0.6 is 0 Å².